The van der Waals surface area contributed by atoms with Crippen LogP contribution in [0.2, 0.25) is 0 Å². The van der Waals surface area contributed by atoms with Gasteiger partial charge in [0.25, 0.3) is 0 Å². The van der Waals surface area contributed by atoms with Crippen molar-refractivity contribution in [1.82, 2.24) is 0 Å². The van der Waals surface area contributed by atoms with E-state index in [2.05, 4.69) is 9.47 Å². The van der Waals surface area contributed by atoms with Crippen LogP contribution in [0.1, 0.15) is 13.8 Å². The van der Waals surface area contributed by atoms with Crippen molar-refractivity contribution in [2.75, 3.05) is 0 Å². The van der Waals surface area contributed by atoms with Crippen molar-refractivity contribution < 1.29 is 14.3 Å². The summed E-state index contributed by atoms with van der Waals surface area (Å²) in [4.78, 5) is 10.5. The monoisotopic (exact) mass is 186 g/mol. The fraction of sp³-hybridized carbons (Fsp3) is 0.800. The second-order valence-corrected chi connectivity index (χ2v) is 2.80. The predicted molar refractivity (Wildman–Crippen MR) is 38.2 cm³/mol. The lowest BCUT2D eigenvalue weighted by Gasteiger charge is -2.07. The topological polar surface area (TPSA) is 35.5 Å². The van der Waals surface area contributed by atoms with Gasteiger partial charge in [0.15, 0.2) is 11.1 Å². The van der Waals surface area contributed by atoms with Crippen LogP contribution in [-0.2, 0) is 9.47 Å². The van der Waals surface area contributed by atoms with Gasteiger partial charge in [0.1, 0.15) is 0 Å². The first kappa shape index (κ1) is 9.85. The Bertz CT molecular complexity index is 101. The fourth-order valence-corrected chi connectivity index (χ4v) is 0.438. The molecule has 0 bridgehead atoms. The molecule has 2 atom stereocenters. The van der Waals surface area contributed by atoms with Gasteiger partial charge in [-0.05, 0) is 13.8 Å². The van der Waals surface area contributed by atoms with Crippen LogP contribution in [0.5, 0.6) is 0 Å². The van der Waals surface area contributed by atoms with Crippen LogP contribution in [0.4, 0.5) is 4.79 Å². The molecule has 0 saturated heterocycles. The highest BCUT2D eigenvalue weighted by Crippen LogP contribution is 2.02. The lowest BCUT2D eigenvalue weighted by atomic mass is 10.8. The number of hydrogen-bond acceptors (Lipinski definition) is 3. The molecule has 60 valence electrons. The second kappa shape index (κ2) is 4.63. The van der Waals surface area contributed by atoms with Crippen LogP contribution >= 0.6 is 23.2 Å². The lowest BCUT2D eigenvalue weighted by molar-refractivity contribution is 0.0444. The Balaban J connectivity index is 3.44. The molecule has 5 heteroatoms. The molecule has 0 aromatic carbocycles. The van der Waals surface area contributed by atoms with E-state index in [1.54, 1.807) is 0 Å². The number of hydrogen-bond donors (Lipinski definition) is 0. The minimum Gasteiger partial charge on any atom is -0.415 e. The van der Waals surface area contributed by atoms with Gasteiger partial charge >= 0.3 is 6.16 Å². The Kier molecular flexibility index (Phi) is 4.56. The molecular weight excluding hydrogens is 179 g/mol. The molecular formula is C5H8Cl2O3. The normalized spacial score (nSPS) is 15.6. The molecule has 0 amide bonds. The van der Waals surface area contributed by atoms with Crippen molar-refractivity contribution in [3.05, 3.63) is 0 Å². The standard InChI is InChI=1S/C5H8Cl2O3/c1-3(6)9-5(8)10-4(2)7/h3-4H,1-2H3/t3-,4+. The van der Waals surface area contributed by atoms with Gasteiger partial charge in [-0.3, -0.25) is 0 Å². The smallest absolute Gasteiger partial charge is 0.415 e. The van der Waals surface area contributed by atoms with Gasteiger partial charge in [-0.15, -0.1) is 0 Å². The molecule has 0 spiro atoms. The third-order valence-corrected chi connectivity index (χ3v) is 0.695. The quantitative estimate of drug-likeness (QED) is 0.491. The molecule has 3 nitrogen and oxygen atoms in total. The average Bonchev–Trinajstić information content (AvgIpc) is 1.58. The zero-order chi connectivity index (χ0) is 8.15. The fourth-order valence-electron chi connectivity index (χ4n) is 0.293. The van der Waals surface area contributed by atoms with Crippen molar-refractivity contribution >= 4 is 29.4 Å². The van der Waals surface area contributed by atoms with E-state index < -0.39 is 17.3 Å². The molecule has 0 aliphatic carbocycles. The molecule has 0 aliphatic heterocycles. The van der Waals surface area contributed by atoms with Crippen LogP contribution in [0.15, 0.2) is 0 Å². The Labute approximate surface area is 69.2 Å². The van der Waals surface area contributed by atoms with Gasteiger partial charge in [0.2, 0.25) is 0 Å². The molecule has 0 unspecified atom stereocenters. The first-order valence-corrected chi connectivity index (χ1v) is 3.55. The van der Waals surface area contributed by atoms with E-state index in [4.69, 9.17) is 23.2 Å². The van der Waals surface area contributed by atoms with Crippen molar-refractivity contribution in [1.29, 1.82) is 0 Å². The molecule has 0 rings (SSSR count). The van der Waals surface area contributed by atoms with Gasteiger partial charge in [0.05, 0.1) is 0 Å². The molecule has 0 saturated carbocycles. The van der Waals surface area contributed by atoms with Gasteiger partial charge in [-0.1, -0.05) is 23.2 Å². The Morgan fingerprint density at radius 2 is 1.50 bits per heavy atom. The number of carbonyl (C=O) groups excluding carboxylic acids is 1. The van der Waals surface area contributed by atoms with E-state index in [-0.39, 0.29) is 0 Å². The van der Waals surface area contributed by atoms with Gasteiger partial charge in [0, 0.05) is 0 Å². The summed E-state index contributed by atoms with van der Waals surface area (Å²) < 4.78 is 8.76. The molecule has 10 heavy (non-hydrogen) atoms. The van der Waals surface area contributed by atoms with Crippen molar-refractivity contribution in [2.45, 2.75) is 25.0 Å². The summed E-state index contributed by atoms with van der Waals surface area (Å²) >= 11 is 10.6. The van der Waals surface area contributed by atoms with Crippen molar-refractivity contribution in [3.8, 4) is 0 Å². The third-order valence-electron chi connectivity index (χ3n) is 0.517. The molecule has 0 radical (unpaired) electrons. The largest absolute Gasteiger partial charge is 0.511 e. The van der Waals surface area contributed by atoms with Crippen LogP contribution in [0.3, 0.4) is 0 Å². The van der Waals surface area contributed by atoms with E-state index in [9.17, 15) is 4.79 Å². The minimum atomic E-state index is -0.856. The van der Waals surface area contributed by atoms with Crippen LogP contribution in [0, 0.1) is 0 Å². The maximum absolute atomic E-state index is 10.5. The summed E-state index contributed by atoms with van der Waals surface area (Å²) in [5, 5.41) is 0. The summed E-state index contributed by atoms with van der Waals surface area (Å²) in [6.07, 6.45) is -0.856. The summed E-state index contributed by atoms with van der Waals surface area (Å²) in [6.45, 7) is 3.00. The zero-order valence-corrected chi connectivity index (χ0v) is 7.15. The first-order valence-electron chi connectivity index (χ1n) is 2.67. The maximum atomic E-state index is 10.5. The number of rotatable bonds is 2. The Morgan fingerprint density at radius 3 is 1.70 bits per heavy atom. The highest BCUT2D eigenvalue weighted by molar-refractivity contribution is 6.20. The lowest BCUT2D eigenvalue weighted by Crippen LogP contribution is -2.14. The first-order chi connectivity index (χ1) is 4.52. The highest BCUT2D eigenvalue weighted by atomic mass is 35.5. The molecule has 0 aromatic heterocycles. The molecule has 0 fully saturated rings. The Hall–Kier alpha value is -0.150. The highest BCUT2D eigenvalue weighted by Gasteiger charge is 2.09. The molecule has 0 heterocycles. The third kappa shape index (κ3) is 5.98. The van der Waals surface area contributed by atoms with Crippen LogP contribution in [-0.4, -0.2) is 17.3 Å². The minimum absolute atomic E-state index is 0.692. The van der Waals surface area contributed by atoms with E-state index in [0.717, 1.165) is 0 Å². The van der Waals surface area contributed by atoms with E-state index >= 15 is 0 Å². The summed E-state index contributed by atoms with van der Waals surface area (Å²) in [6, 6.07) is 0. The maximum Gasteiger partial charge on any atom is 0.511 e. The predicted octanol–water partition coefficient (Wildman–Crippen LogP) is 2.31. The molecule has 0 N–H and O–H groups in total. The van der Waals surface area contributed by atoms with E-state index in [0.29, 0.717) is 0 Å². The molecule has 0 aromatic rings. The van der Waals surface area contributed by atoms with Gasteiger partial charge in [-0.2, -0.15) is 0 Å². The SMILES string of the molecule is C[C@H](Cl)OC(=O)O[C@@H](C)Cl. The number of halogens is 2. The summed E-state index contributed by atoms with van der Waals surface area (Å²) in [7, 11) is 0. The van der Waals surface area contributed by atoms with E-state index in [1.807, 2.05) is 0 Å². The van der Waals surface area contributed by atoms with E-state index in [1.165, 1.54) is 13.8 Å². The average molecular weight is 187 g/mol. The second-order valence-electron chi connectivity index (χ2n) is 1.57. The van der Waals surface area contributed by atoms with Crippen LogP contribution in [0.25, 0.3) is 0 Å². The zero-order valence-electron chi connectivity index (χ0n) is 5.64. The molecule has 0 aliphatic rings. The van der Waals surface area contributed by atoms with Gasteiger partial charge in [-0.25, -0.2) is 4.79 Å². The number of carbonyl (C=O) groups is 1. The van der Waals surface area contributed by atoms with Crippen molar-refractivity contribution in [2.24, 2.45) is 0 Å². The van der Waals surface area contributed by atoms with Crippen molar-refractivity contribution in [3.63, 3.8) is 0 Å². The van der Waals surface area contributed by atoms with Gasteiger partial charge < -0.3 is 9.47 Å². The van der Waals surface area contributed by atoms with Crippen LogP contribution < -0.4 is 0 Å². The Morgan fingerprint density at radius 1 is 1.20 bits per heavy atom. The summed E-state index contributed by atoms with van der Waals surface area (Å²) in [5.41, 5.74) is -1.38. The summed E-state index contributed by atoms with van der Waals surface area (Å²) in [5.74, 6) is 0. The number of alkyl halides is 2. The number of ether oxygens (including phenoxy) is 2.